The van der Waals surface area contributed by atoms with Crippen LogP contribution in [0.2, 0.25) is 0 Å². The molecule has 0 aliphatic heterocycles. The van der Waals surface area contributed by atoms with Gasteiger partial charge in [-0.3, -0.25) is 4.79 Å². The molecular formula is C21H33NO3. The largest absolute Gasteiger partial charge is 0.444 e. The van der Waals surface area contributed by atoms with Crippen LogP contribution in [-0.2, 0) is 16.1 Å². The number of Topliss-reactive ketones (excluding diaryl/α,β-unsaturated/α-hetero) is 1. The van der Waals surface area contributed by atoms with E-state index in [1.165, 1.54) is 0 Å². The van der Waals surface area contributed by atoms with Crippen LogP contribution in [0.4, 0.5) is 4.79 Å². The van der Waals surface area contributed by atoms with Crippen LogP contribution in [0.25, 0.3) is 0 Å². The summed E-state index contributed by atoms with van der Waals surface area (Å²) in [5.74, 6) is 0.208. The topological polar surface area (TPSA) is 46.6 Å². The van der Waals surface area contributed by atoms with Crippen molar-refractivity contribution in [2.45, 2.75) is 73.0 Å². The van der Waals surface area contributed by atoms with Crippen molar-refractivity contribution in [3.8, 4) is 0 Å². The number of hydrogen-bond donors (Lipinski definition) is 0. The molecular weight excluding hydrogens is 314 g/mol. The zero-order valence-electron chi connectivity index (χ0n) is 16.6. The molecule has 4 heteroatoms. The standard InChI is InChI=1S/C21H33NO3/c1-7-21(6,8-2)18(23)14-15-22(19(24)25-20(3,4)5)16-17-12-10-9-11-13-17/h9-13H,7-8,14-16H2,1-6H3. The molecule has 1 aromatic rings. The molecule has 0 saturated heterocycles. The summed E-state index contributed by atoms with van der Waals surface area (Å²) in [4.78, 5) is 26.8. The van der Waals surface area contributed by atoms with Gasteiger partial charge in [0.1, 0.15) is 11.4 Å². The summed E-state index contributed by atoms with van der Waals surface area (Å²) in [6, 6.07) is 9.78. The van der Waals surface area contributed by atoms with Gasteiger partial charge in [-0.15, -0.1) is 0 Å². The van der Waals surface area contributed by atoms with Crippen molar-refractivity contribution in [3.63, 3.8) is 0 Å². The second kappa shape index (κ2) is 9.02. The molecule has 0 radical (unpaired) electrons. The molecule has 1 aromatic carbocycles. The van der Waals surface area contributed by atoms with E-state index >= 15 is 0 Å². The van der Waals surface area contributed by atoms with E-state index in [-0.39, 0.29) is 17.3 Å². The number of rotatable bonds is 8. The predicted octanol–water partition coefficient (Wildman–Crippen LogP) is 5.21. The van der Waals surface area contributed by atoms with Crippen LogP contribution in [0.1, 0.15) is 66.4 Å². The highest BCUT2D eigenvalue weighted by atomic mass is 16.6. The minimum atomic E-state index is -0.558. The van der Waals surface area contributed by atoms with Crippen LogP contribution in [0.15, 0.2) is 30.3 Å². The number of amides is 1. The highest BCUT2D eigenvalue weighted by Crippen LogP contribution is 2.28. The van der Waals surface area contributed by atoms with Gasteiger partial charge in [-0.05, 0) is 39.2 Å². The second-order valence-electron chi connectivity index (χ2n) is 7.83. The highest BCUT2D eigenvalue weighted by Gasteiger charge is 2.30. The number of carbonyl (C=O) groups excluding carboxylic acids is 2. The first kappa shape index (κ1) is 21.2. The maximum atomic E-state index is 12.6. The molecule has 0 bridgehead atoms. The molecule has 4 nitrogen and oxygen atoms in total. The summed E-state index contributed by atoms with van der Waals surface area (Å²) in [7, 11) is 0. The van der Waals surface area contributed by atoms with E-state index in [4.69, 9.17) is 4.74 Å². The number of nitrogens with zero attached hydrogens (tertiary/aromatic N) is 1. The lowest BCUT2D eigenvalue weighted by Gasteiger charge is -2.29. The normalized spacial score (nSPS) is 11.9. The molecule has 25 heavy (non-hydrogen) atoms. The molecule has 0 aliphatic rings. The molecule has 1 amide bonds. The van der Waals surface area contributed by atoms with Crippen LogP contribution in [0.5, 0.6) is 0 Å². The number of benzene rings is 1. The maximum Gasteiger partial charge on any atom is 0.410 e. The Morgan fingerprint density at radius 3 is 2.04 bits per heavy atom. The molecule has 140 valence electrons. The fourth-order valence-electron chi connectivity index (χ4n) is 2.55. The lowest BCUT2D eigenvalue weighted by Crippen LogP contribution is -2.39. The lowest BCUT2D eigenvalue weighted by atomic mass is 9.79. The Bertz CT molecular complexity index is 556. The van der Waals surface area contributed by atoms with Gasteiger partial charge < -0.3 is 9.64 Å². The minimum Gasteiger partial charge on any atom is -0.444 e. The van der Waals surface area contributed by atoms with Crippen LogP contribution in [-0.4, -0.2) is 28.9 Å². The molecule has 0 fully saturated rings. The van der Waals surface area contributed by atoms with E-state index in [0.29, 0.717) is 19.5 Å². The Hall–Kier alpha value is -1.84. The van der Waals surface area contributed by atoms with Crippen molar-refractivity contribution < 1.29 is 14.3 Å². The van der Waals surface area contributed by atoms with Gasteiger partial charge in [0.2, 0.25) is 0 Å². The van der Waals surface area contributed by atoms with Crippen molar-refractivity contribution >= 4 is 11.9 Å². The summed E-state index contributed by atoms with van der Waals surface area (Å²) in [5.41, 5.74) is 0.151. The van der Waals surface area contributed by atoms with Gasteiger partial charge in [-0.25, -0.2) is 4.79 Å². The SMILES string of the molecule is CCC(C)(CC)C(=O)CCN(Cc1ccccc1)C(=O)OC(C)(C)C. The number of carbonyl (C=O) groups is 2. The molecule has 0 saturated carbocycles. The van der Waals surface area contributed by atoms with Crippen LogP contribution in [0, 0.1) is 5.41 Å². The third-order valence-corrected chi connectivity index (χ3v) is 4.71. The highest BCUT2D eigenvalue weighted by molar-refractivity contribution is 5.84. The summed E-state index contributed by atoms with van der Waals surface area (Å²) in [6.45, 7) is 12.4. The average Bonchev–Trinajstić information content (AvgIpc) is 2.56. The number of ketones is 1. The van der Waals surface area contributed by atoms with Crippen molar-refractivity contribution in [1.29, 1.82) is 0 Å². The van der Waals surface area contributed by atoms with E-state index in [1.54, 1.807) is 4.90 Å². The summed E-state index contributed by atoms with van der Waals surface area (Å²) in [6.07, 6.45) is 1.60. The maximum absolute atomic E-state index is 12.6. The Kier molecular flexibility index (Phi) is 7.65. The first-order valence-electron chi connectivity index (χ1n) is 9.16. The van der Waals surface area contributed by atoms with Gasteiger partial charge in [0.25, 0.3) is 0 Å². The fraction of sp³-hybridized carbons (Fsp3) is 0.619. The van der Waals surface area contributed by atoms with E-state index in [1.807, 2.05) is 71.9 Å². The molecule has 0 atom stereocenters. The van der Waals surface area contributed by atoms with Gasteiger partial charge in [-0.1, -0.05) is 51.1 Å². The average molecular weight is 347 g/mol. The lowest BCUT2D eigenvalue weighted by molar-refractivity contribution is -0.128. The van der Waals surface area contributed by atoms with Crippen LogP contribution in [0.3, 0.4) is 0 Å². The summed E-state index contributed by atoms with van der Waals surface area (Å²) >= 11 is 0. The quantitative estimate of drug-likeness (QED) is 0.648. The van der Waals surface area contributed by atoms with Crippen molar-refractivity contribution in [2.24, 2.45) is 5.41 Å². The van der Waals surface area contributed by atoms with E-state index in [2.05, 4.69) is 0 Å². The number of hydrogen-bond acceptors (Lipinski definition) is 3. The van der Waals surface area contributed by atoms with E-state index in [0.717, 1.165) is 18.4 Å². The minimum absolute atomic E-state index is 0.208. The molecule has 0 unspecified atom stereocenters. The van der Waals surface area contributed by atoms with Gasteiger partial charge in [-0.2, -0.15) is 0 Å². The fourth-order valence-corrected chi connectivity index (χ4v) is 2.55. The molecule has 0 aromatic heterocycles. The first-order valence-corrected chi connectivity index (χ1v) is 9.16. The Balaban J connectivity index is 2.84. The predicted molar refractivity (Wildman–Crippen MR) is 101 cm³/mol. The Labute approximate surface area is 152 Å². The third kappa shape index (κ3) is 6.89. The second-order valence-corrected chi connectivity index (χ2v) is 7.83. The number of ether oxygens (including phenoxy) is 1. The first-order chi connectivity index (χ1) is 11.6. The van der Waals surface area contributed by atoms with E-state index in [9.17, 15) is 9.59 Å². The molecule has 0 spiro atoms. The molecule has 0 heterocycles. The zero-order chi connectivity index (χ0) is 19.1. The molecule has 0 aliphatic carbocycles. The van der Waals surface area contributed by atoms with Crippen LogP contribution >= 0.6 is 0 Å². The van der Waals surface area contributed by atoms with Crippen molar-refractivity contribution in [3.05, 3.63) is 35.9 Å². The monoisotopic (exact) mass is 347 g/mol. The molecule has 0 N–H and O–H groups in total. The van der Waals surface area contributed by atoms with E-state index < -0.39 is 5.60 Å². The van der Waals surface area contributed by atoms with Gasteiger partial charge >= 0.3 is 6.09 Å². The van der Waals surface area contributed by atoms with Crippen molar-refractivity contribution in [2.75, 3.05) is 6.54 Å². The van der Waals surface area contributed by atoms with Crippen LogP contribution < -0.4 is 0 Å². The van der Waals surface area contributed by atoms with Crippen molar-refractivity contribution in [1.82, 2.24) is 4.90 Å². The van der Waals surface area contributed by atoms with Gasteiger partial charge in [0, 0.05) is 24.9 Å². The third-order valence-electron chi connectivity index (χ3n) is 4.71. The summed E-state index contributed by atoms with van der Waals surface area (Å²) in [5, 5.41) is 0. The molecule has 1 rings (SSSR count). The Morgan fingerprint density at radius 2 is 1.56 bits per heavy atom. The smallest absolute Gasteiger partial charge is 0.410 e. The summed E-state index contributed by atoms with van der Waals surface area (Å²) < 4.78 is 5.52. The van der Waals surface area contributed by atoms with Gasteiger partial charge in [0.15, 0.2) is 0 Å². The van der Waals surface area contributed by atoms with Gasteiger partial charge in [0.05, 0.1) is 0 Å². The Morgan fingerprint density at radius 1 is 1.00 bits per heavy atom. The zero-order valence-corrected chi connectivity index (χ0v) is 16.6.